The van der Waals surface area contributed by atoms with Gasteiger partial charge in [-0.05, 0) is 80.6 Å². The number of piperidine rings is 1. The Bertz CT molecular complexity index is 1330. The number of carbonyl (C=O) groups is 1. The van der Waals surface area contributed by atoms with E-state index >= 15 is 0 Å². The molecule has 9 nitrogen and oxygen atoms in total. The van der Waals surface area contributed by atoms with Crippen LogP contribution in [0.4, 0.5) is 5.95 Å². The predicted molar refractivity (Wildman–Crippen MR) is 154 cm³/mol. The number of halogens is 2. The fourth-order valence-electron chi connectivity index (χ4n) is 6.06. The Morgan fingerprint density at radius 3 is 2.48 bits per heavy atom. The molecule has 0 spiro atoms. The van der Waals surface area contributed by atoms with Crippen LogP contribution in [0.2, 0.25) is 10.0 Å². The minimum absolute atomic E-state index is 0.230. The van der Waals surface area contributed by atoms with Crippen molar-refractivity contribution in [3.63, 3.8) is 0 Å². The van der Waals surface area contributed by atoms with Gasteiger partial charge in [0.1, 0.15) is 0 Å². The van der Waals surface area contributed by atoms with Gasteiger partial charge in [0.15, 0.2) is 5.75 Å². The molecule has 2 atom stereocenters. The first-order valence-electron chi connectivity index (χ1n) is 13.8. The first-order valence-corrected chi connectivity index (χ1v) is 14.5. The molecule has 0 amide bonds. The maximum absolute atomic E-state index is 11.1. The Kier molecular flexibility index (Phi) is 8.07. The molecule has 1 aromatic carbocycles. The Morgan fingerprint density at radius 1 is 1.02 bits per heavy atom. The minimum atomic E-state index is -0.726. The number of aromatic nitrogens is 3. The van der Waals surface area contributed by atoms with E-state index in [0.29, 0.717) is 51.8 Å². The Labute approximate surface area is 243 Å². The van der Waals surface area contributed by atoms with E-state index < -0.39 is 5.97 Å². The van der Waals surface area contributed by atoms with E-state index in [0.717, 1.165) is 56.7 Å². The molecule has 6 rings (SSSR count). The van der Waals surface area contributed by atoms with Crippen molar-refractivity contribution in [1.82, 2.24) is 25.2 Å². The number of ether oxygens (including phenoxy) is 1. The van der Waals surface area contributed by atoms with Gasteiger partial charge in [-0.1, -0.05) is 23.2 Å². The van der Waals surface area contributed by atoms with Crippen molar-refractivity contribution in [1.29, 1.82) is 0 Å². The van der Waals surface area contributed by atoms with Gasteiger partial charge >= 0.3 is 5.97 Å². The average molecular weight is 584 g/mol. The summed E-state index contributed by atoms with van der Waals surface area (Å²) in [6.45, 7) is 5.37. The van der Waals surface area contributed by atoms with Crippen LogP contribution in [0.3, 0.4) is 0 Å². The molecule has 5 heterocycles. The third-order valence-corrected chi connectivity index (χ3v) is 8.52. The number of carboxylic acids is 1. The Morgan fingerprint density at radius 2 is 1.77 bits per heavy atom. The number of hydrogen-bond acceptors (Lipinski definition) is 8. The van der Waals surface area contributed by atoms with Crippen molar-refractivity contribution in [3.05, 3.63) is 58.3 Å². The van der Waals surface area contributed by atoms with Crippen LogP contribution in [0.1, 0.15) is 31.2 Å². The van der Waals surface area contributed by atoms with Gasteiger partial charge in [-0.3, -0.25) is 9.69 Å². The number of aliphatic carboxylic acids is 1. The van der Waals surface area contributed by atoms with Crippen LogP contribution in [0.15, 0.2) is 42.7 Å². The molecular weight excluding hydrogens is 551 g/mol. The lowest BCUT2D eigenvalue weighted by atomic mass is 9.93. The van der Waals surface area contributed by atoms with Crippen molar-refractivity contribution in [2.75, 3.05) is 37.6 Å². The maximum atomic E-state index is 11.1. The third kappa shape index (κ3) is 6.49. The molecule has 210 valence electrons. The average Bonchev–Trinajstić information content (AvgIpc) is 3.52. The highest BCUT2D eigenvalue weighted by molar-refractivity contribution is 6.35. The van der Waals surface area contributed by atoms with Crippen LogP contribution in [0.5, 0.6) is 11.6 Å². The van der Waals surface area contributed by atoms with Gasteiger partial charge in [0.25, 0.3) is 0 Å². The molecule has 3 fully saturated rings. The molecule has 0 bridgehead atoms. The second-order valence-corrected chi connectivity index (χ2v) is 11.9. The van der Waals surface area contributed by atoms with Gasteiger partial charge in [-0.15, -0.1) is 0 Å². The monoisotopic (exact) mass is 582 g/mol. The molecule has 11 heteroatoms. The summed E-state index contributed by atoms with van der Waals surface area (Å²) >= 11 is 12.6. The standard InChI is InChI=1S/C29H32Cl2N6O3/c30-22-10-21(11-23(31)12-22)25-7-19(15-36-5-2-18(3-6-36)9-28(38)39)8-27(35-25)40-24-13-33-29(34-14-24)37-16-20-1-4-32-26(20)17-37/h7-8,10-14,18,20,26,32H,1-6,9,15-17H2,(H,38,39). The first kappa shape index (κ1) is 27.2. The van der Waals surface area contributed by atoms with Crippen LogP contribution in [0, 0.1) is 11.8 Å². The van der Waals surface area contributed by atoms with Crippen LogP contribution in [0.25, 0.3) is 11.3 Å². The van der Waals surface area contributed by atoms with Crippen molar-refractivity contribution in [2.24, 2.45) is 11.8 Å². The lowest BCUT2D eigenvalue weighted by molar-refractivity contribution is -0.138. The molecular formula is C29H32Cl2N6O3. The number of pyridine rings is 1. The van der Waals surface area contributed by atoms with E-state index in [1.54, 1.807) is 18.5 Å². The van der Waals surface area contributed by atoms with Crippen molar-refractivity contribution >= 4 is 35.1 Å². The summed E-state index contributed by atoms with van der Waals surface area (Å²) in [7, 11) is 0. The topological polar surface area (TPSA) is 104 Å². The number of fused-ring (bicyclic) bond motifs is 1. The normalized spacial score (nSPS) is 21.5. The number of carboxylic acid groups (broad SMARTS) is 1. The van der Waals surface area contributed by atoms with Crippen LogP contribution < -0.4 is 15.0 Å². The number of hydrogen-bond donors (Lipinski definition) is 2. The fourth-order valence-corrected chi connectivity index (χ4v) is 6.59. The maximum Gasteiger partial charge on any atom is 0.303 e. The largest absolute Gasteiger partial charge is 0.481 e. The quantitative estimate of drug-likeness (QED) is 0.374. The van der Waals surface area contributed by atoms with Gasteiger partial charge in [0, 0.05) is 53.8 Å². The zero-order chi connectivity index (χ0) is 27.6. The van der Waals surface area contributed by atoms with E-state index in [9.17, 15) is 4.79 Å². The smallest absolute Gasteiger partial charge is 0.303 e. The summed E-state index contributed by atoms with van der Waals surface area (Å²) in [5.41, 5.74) is 2.52. The van der Waals surface area contributed by atoms with Crippen molar-refractivity contribution in [3.8, 4) is 22.9 Å². The van der Waals surface area contributed by atoms with Gasteiger partial charge in [-0.25, -0.2) is 15.0 Å². The van der Waals surface area contributed by atoms with Gasteiger partial charge in [0.05, 0.1) is 18.1 Å². The van der Waals surface area contributed by atoms with E-state index in [1.807, 2.05) is 24.3 Å². The lowest BCUT2D eigenvalue weighted by Gasteiger charge is -2.31. The van der Waals surface area contributed by atoms with E-state index in [2.05, 4.69) is 25.1 Å². The molecule has 0 aliphatic carbocycles. The fraction of sp³-hybridized carbons (Fsp3) is 0.448. The van der Waals surface area contributed by atoms with Crippen LogP contribution >= 0.6 is 23.2 Å². The molecule has 3 aliphatic heterocycles. The minimum Gasteiger partial charge on any atom is -0.481 e. The van der Waals surface area contributed by atoms with Gasteiger partial charge < -0.3 is 20.1 Å². The van der Waals surface area contributed by atoms with E-state index in [1.165, 1.54) is 6.42 Å². The first-order chi connectivity index (χ1) is 19.4. The number of rotatable bonds is 8. The predicted octanol–water partition coefficient (Wildman–Crippen LogP) is 5.12. The van der Waals surface area contributed by atoms with E-state index in [4.69, 9.17) is 38.0 Å². The second kappa shape index (κ2) is 11.9. The molecule has 2 unspecified atom stereocenters. The molecule has 3 aromatic rings. The number of nitrogens with one attached hydrogen (secondary N) is 1. The van der Waals surface area contributed by atoms with Gasteiger partial charge in [-0.2, -0.15) is 0 Å². The highest BCUT2D eigenvalue weighted by Crippen LogP contribution is 2.32. The van der Waals surface area contributed by atoms with E-state index in [-0.39, 0.29) is 12.3 Å². The van der Waals surface area contributed by atoms with Gasteiger partial charge in [0.2, 0.25) is 11.8 Å². The molecule has 2 N–H and O–H groups in total. The van der Waals surface area contributed by atoms with Crippen LogP contribution in [-0.2, 0) is 11.3 Å². The summed E-state index contributed by atoms with van der Waals surface area (Å²) in [6.07, 6.45) is 6.57. The molecule has 0 saturated carbocycles. The Hall–Kier alpha value is -2.98. The molecule has 40 heavy (non-hydrogen) atoms. The second-order valence-electron chi connectivity index (χ2n) is 11.0. The molecule has 3 saturated heterocycles. The molecule has 3 aliphatic rings. The summed E-state index contributed by atoms with van der Waals surface area (Å²) in [4.78, 5) is 29.6. The third-order valence-electron chi connectivity index (χ3n) is 8.08. The number of nitrogens with zero attached hydrogens (tertiary/aromatic N) is 5. The number of likely N-dealkylation sites (tertiary alicyclic amines) is 1. The van der Waals surface area contributed by atoms with Crippen LogP contribution in [-0.4, -0.2) is 69.7 Å². The molecule has 2 aromatic heterocycles. The number of benzene rings is 1. The summed E-state index contributed by atoms with van der Waals surface area (Å²) < 4.78 is 6.17. The number of anilines is 1. The zero-order valence-corrected chi connectivity index (χ0v) is 23.6. The summed E-state index contributed by atoms with van der Waals surface area (Å²) in [6, 6.07) is 9.83. The van der Waals surface area contributed by atoms with Crippen molar-refractivity contribution < 1.29 is 14.6 Å². The highest BCUT2D eigenvalue weighted by atomic mass is 35.5. The molecule has 0 radical (unpaired) electrons. The lowest BCUT2D eigenvalue weighted by Crippen LogP contribution is -2.33. The summed E-state index contributed by atoms with van der Waals surface area (Å²) in [5, 5.41) is 13.8. The zero-order valence-electron chi connectivity index (χ0n) is 22.1. The Balaban J connectivity index is 1.20. The van der Waals surface area contributed by atoms with Crippen molar-refractivity contribution in [2.45, 2.75) is 38.3 Å². The highest BCUT2D eigenvalue weighted by Gasteiger charge is 2.36. The SMILES string of the molecule is O=C(O)CC1CCN(Cc2cc(Oc3cnc(N4CC5CCNC5C4)nc3)nc(-c3cc(Cl)cc(Cl)c3)c2)CC1. The summed E-state index contributed by atoms with van der Waals surface area (Å²) in [5.74, 6) is 1.82.